The minimum absolute atomic E-state index is 0.0409. The number of ether oxygens (including phenoxy) is 1. The molecule has 0 bridgehead atoms. The van der Waals surface area contributed by atoms with Gasteiger partial charge in [-0.1, -0.05) is 11.6 Å². The van der Waals surface area contributed by atoms with Gasteiger partial charge in [0.2, 0.25) is 0 Å². The maximum atomic E-state index is 13.6. The Hall–Kier alpha value is -1.33. The number of carbonyl (C=O) groups is 1. The molecule has 88 valence electrons. The molecule has 16 heavy (non-hydrogen) atoms. The molecular weight excluding hydrogens is 237 g/mol. The van der Waals surface area contributed by atoms with Gasteiger partial charge in [0.05, 0.1) is 18.1 Å². The number of hydrogen-bond acceptors (Lipinski definition) is 3. The summed E-state index contributed by atoms with van der Waals surface area (Å²) in [5, 5.41) is 9.00. The largest absolute Gasteiger partial charge is 0.495 e. The third-order valence-electron chi connectivity index (χ3n) is 2.18. The van der Waals surface area contributed by atoms with Crippen LogP contribution in [0.5, 0.6) is 5.75 Å². The Balaban J connectivity index is 3.24. The number of rotatable bonds is 4. The molecule has 4 nitrogen and oxygen atoms in total. The van der Waals surface area contributed by atoms with E-state index in [2.05, 4.69) is 0 Å². The molecule has 3 N–H and O–H groups in total. The van der Waals surface area contributed by atoms with E-state index in [1.54, 1.807) is 0 Å². The van der Waals surface area contributed by atoms with Gasteiger partial charge in [-0.3, -0.25) is 4.79 Å². The van der Waals surface area contributed by atoms with Crippen molar-refractivity contribution in [2.45, 2.75) is 5.92 Å². The lowest BCUT2D eigenvalue weighted by molar-refractivity contribution is -0.138. The molecule has 0 aliphatic rings. The number of aliphatic carboxylic acids is 1. The van der Waals surface area contributed by atoms with Crippen LogP contribution >= 0.6 is 11.6 Å². The highest BCUT2D eigenvalue weighted by Gasteiger charge is 2.23. The first-order valence-electron chi connectivity index (χ1n) is 4.47. The zero-order chi connectivity index (χ0) is 12.3. The van der Waals surface area contributed by atoms with Gasteiger partial charge in [0.15, 0.2) is 0 Å². The molecule has 0 amide bonds. The normalized spacial score (nSPS) is 12.2. The Kier molecular flexibility index (Phi) is 4.09. The smallest absolute Gasteiger partial charge is 0.312 e. The summed E-state index contributed by atoms with van der Waals surface area (Å²) in [7, 11) is 1.35. The fraction of sp³-hybridized carbons (Fsp3) is 0.300. The molecule has 0 aromatic heterocycles. The van der Waals surface area contributed by atoms with Crippen molar-refractivity contribution in [2.75, 3.05) is 13.7 Å². The van der Waals surface area contributed by atoms with E-state index >= 15 is 0 Å². The lowest BCUT2D eigenvalue weighted by Crippen LogP contribution is -2.22. The van der Waals surface area contributed by atoms with E-state index in [-0.39, 0.29) is 22.9 Å². The predicted octanol–water partition coefficient (Wildman–Crippen LogP) is 1.61. The first-order valence-corrected chi connectivity index (χ1v) is 4.84. The lowest BCUT2D eigenvalue weighted by Gasteiger charge is -2.13. The average Bonchev–Trinajstić information content (AvgIpc) is 2.23. The Bertz CT molecular complexity index is 411. The van der Waals surface area contributed by atoms with Gasteiger partial charge >= 0.3 is 5.97 Å². The molecule has 1 rings (SSSR count). The van der Waals surface area contributed by atoms with E-state index in [1.165, 1.54) is 13.2 Å². The zero-order valence-electron chi connectivity index (χ0n) is 8.54. The molecule has 0 aliphatic heterocycles. The second kappa shape index (κ2) is 5.14. The van der Waals surface area contributed by atoms with Crippen LogP contribution in [-0.2, 0) is 4.79 Å². The molecule has 1 atom stereocenters. The van der Waals surface area contributed by atoms with Gasteiger partial charge < -0.3 is 15.6 Å². The number of benzene rings is 1. The van der Waals surface area contributed by atoms with Crippen LogP contribution in [0.2, 0.25) is 5.02 Å². The van der Waals surface area contributed by atoms with E-state index in [4.69, 9.17) is 27.2 Å². The maximum Gasteiger partial charge on any atom is 0.312 e. The first-order chi connectivity index (χ1) is 7.51. The Labute approximate surface area is 96.8 Å². The van der Waals surface area contributed by atoms with Crippen LogP contribution in [0.1, 0.15) is 11.5 Å². The molecule has 0 saturated carbocycles. The van der Waals surface area contributed by atoms with Gasteiger partial charge in [0.1, 0.15) is 11.6 Å². The van der Waals surface area contributed by atoms with Gasteiger partial charge in [-0.05, 0) is 6.07 Å². The second-order valence-corrected chi connectivity index (χ2v) is 3.54. The lowest BCUT2D eigenvalue weighted by atomic mass is 9.99. The van der Waals surface area contributed by atoms with Crippen LogP contribution in [0.4, 0.5) is 4.39 Å². The number of carboxylic acids is 1. The number of halogens is 2. The molecule has 0 radical (unpaired) electrons. The van der Waals surface area contributed by atoms with Crippen molar-refractivity contribution in [1.82, 2.24) is 0 Å². The molecule has 1 aromatic rings. The van der Waals surface area contributed by atoms with Crippen LogP contribution in [0.3, 0.4) is 0 Å². The Morgan fingerprint density at radius 3 is 2.75 bits per heavy atom. The van der Waals surface area contributed by atoms with Crippen molar-refractivity contribution in [3.8, 4) is 5.75 Å². The van der Waals surface area contributed by atoms with E-state index in [1.807, 2.05) is 0 Å². The monoisotopic (exact) mass is 247 g/mol. The second-order valence-electron chi connectivity index (χ2n) is 3.13. The number of nitrogens with two attached hydrogens (primary N) is 1. The van der Waals surface area contributed by atoms with Crippen LogP contribution in [0.15, 0.2) is 12.1 Å². The third-order valence-corrected chi connectivity index (χ3v) is 2.48. The van der Waals surface area contributed by atoms with E-state index in [0.29, 0.717) is 0 Å². The molecule has 1 aromatic carbocycles. The summed E-state index contributed by atoms with van der Waals surface area (Å²) in [5.74, 6) is -2.84. The Morgan fingerprint density at radius 2 is 2.31 bits per heavy atom. The predicted molar refractivity (Wildman–Crippen MR) is 57.4 cm³/mol. The standard InChI is InChI=1S/C10H11ClFNO3/c1-16-9-3-8(12)5(2-7(9)11)6(4-13)10(14)15/h2-3,6H,4,13H2,1H3,(H,14,15). The summed E-state index contributed by atoms with van der Waals surface area (Å²) in [6.07, 6.45) is 0. The van der Waals surface area contributed by atoms with Gasteiger partial charge in [-0.25, -0.2) is 4.39 Å². The van der Waals surface area contributed by atoms with E-state index < -0.39 is 17.7 Å². The highest BCUT2D eigenvalue weighted by atomic mass is 35.5. The highest BCUT2D eigenvalue weighted by Crippen LogP contribution is 2.30. The summed E-state index contributed by atoms with van der Waals surface area (Å²) < 4.78 is 18.4. The highest BCUT2D eigenvalue weighted by molar-refractivity contribution is 6.32. The van der Waals surface area contributed by atoms with Crippen molar-refractivity contribution in [2.24, 2.45) is 5.73 Å². The van der Waals surface area contributed by atoms with E-state index in [0.717, 1.165) is 6.07 Å². The summed E-state index contributed by atoms with van der Waals surface area (Å²) in [6, 6.07) is 2.27. The number of carboxylic acid groups (broad SMARTS) is 1. The zero-order valence-corrected chi connectivity index (χ0v) is 9.29. The fourth-order valence-electron chi connectivity index (χ4n) is 1.33. The molecule has 0 heterocycles. The summed E-state index contributed by atoms with van der Waals surface area (Å²) in [6.45, 7) is -0.199. The molecule has 6 heteroatoms. The number of hydrogen-bond donors (Lipinski definition) is 2. The van der Waals surface area contributed by atoms with Crippen molar-refractivity contribution >= 4 is 17.6 Å². The quantitative estimate of drug-likeness (QED) is 0.848. The molecule has 0 fully saturated rings. The number of methoxy groups -OCH3 is 1. The summed E-state index contributed by atoms with van der Waals surface area (Å²) in [5.41, 5.74) is 5.23. The minimum Gasteiger partial charge on any atom is -0.495 e. The molecule has 0 aliphatic carbocycles. The average molecular weight is 248 g/mol. The van der Waals surface area contributed by atoms with Gasteiger partial charge in [0, 0.05) is 18.2 Å². The summed E-state index contributed by atoms with van der Waals surface area (Å²) in [4.78, 5) is 10.8. The molecule has 0 spiro atoms. The molecule has 1 unspecified atom stereocenters. The van der Waals surface area contributed by atoms with Crippen molar-refractivity contribution in [1.29, 1.82) is 0 Å². The van der Waals surface area contributed by atoms with Gasteiger partial charge in [-0.15, -0.1) is 0 Å². The fourth-order valence-corrected chi connectivity index (χ4v) is 1.58. The third kappa shape index (κ3) is 2.43. The van der Waals surface area contributed by atoms with Crippen LogP contribution < -0.4 is 10.5 Å². The Morgan fingerprint density at radius 1 is 1.69 bits per heavy atom. The first kappa shape index (κ1) is 12.7. The van der Waals surface area contributed by atoms with Gasteiger partial charge in [0.25, 0.3) is 0 Å². The molecular formula is C10H11ClFNO3. The van der Waals surface area contributed by atoms with Crippen molar-refractivity contribution < 1.29 is 19.0 Å². The maximum absolute atomic E-state index is 13.6. The SMILES string of the molecule is COc1cc(F)c(C(CN)C(=O)O)cc1Cl. The molecule has 0 saturated heterocycles. The summed E-state index contributed by atoms with van der Waals surface area (Å²) >= 11 is 5.78. The van der Waals surface area contributed by atoms with Crippen LogP contribution in [0, 0.1) is 5.82 Å². The van der Waals surface area contributed by atoms with Crippen LogP contribution in [0.25, 0.3) is 0 Å². The van der Waals surface area contributed by atoms with Crippen LogP contribution in [-0.4, -0.2) is 24.7 Å². The van der Waals surface area contributed by atoms with E-state index in [9.17, 15) is 9.18 Å². The van der Waals surface area contributed by atoms with Crippen molar-refractivity contribution in [3.05, 3.63) is 28.5 Å². The van der Waals surface area contributed by atoms with Crippen molar-refractivity contribution in [3.63, 3.8) is 0 Å². The topological polar surface area (TPSA) is 72.5 Å². The van der Waals surface area contributed by atoms with Gasteiger partial charge in [-0.2, -0.15) is 0 Å². The minimum atomic E-state index is -1.19.